The number of carbonyl (C=O) groups is 2. The number of aliphatic hydroxyl groups is 2. The van der Waals surface area contributed by atoms with Crippen molar-refractivity contribution >= 4 is 11.9 Å². The predicted octanol–water partition coefficient (Wildman–Crippen LogP) is 15.2. The van der Waals surface area contributed by atoms with Crippen molar-refractivity contribution in [2.75, 3.05) is 6.61 Å². The first-order chi connectivity index (χ1) is 29.5. The van der Waals surface area contributed by atoms with E-state index in [1.807, 2.05) is 0 Å². The van der Waals surface area contributed by atoms with Crippen molar-refractivity contribution in [3.63, 3.8) is 0 Å². The molecule has 348 valence electrons. The molecular formula is C54H97NO5. The molecule has 60 heavy (non-hydrogen) atoms. The molecule has 0 bridgehead atoms. The molecule has 0 aromatic heterocycles. The van der Waals surface area contributed by atoms with E-state index in [-0.39, 0.29) is 24.9 Å². The molecule has 0 heterocycles. The van der Waals surface area contributed by atoms with Gasteiger partial charge in [0.05, 0.1) is 25.2 Å². The molecule has 0 saturated carbocycles. The molecule has 0 aliphatic rings. The Morgan fingerprint density at radius 3 is 1.38 bits per heavy atom. The molecule has 0 aromatic carbocycles. The summed E-state index contributed by atoms with van der Waals surface area (Å²) in [6.07, 6.45) is 58.5. The zero-order valence-electron chi connectivity index (χ0n) is 39.6. The topological polar surface area (TPSA) is 95.9 Å². The number of nitrogens with one attached hydrogen (secondary N) is 1. The van der Waals surface area contributed by atoms with Gasteiger partial charge in [-0.25, -0.2) is 0 Å². The van der Waals surface area contributed by atoms with E-state index in [0.29, 0.717) is 19.3 Å². The number of hydrogen-bond donors (Lipinski definition) is 3. The van der Waals surface area contributed by atoms with Crippen molar-refractivity contribution in [2.24, 2.45) is 0 Å². The number of rotatable bonds is 45. The second kappa shape index (κ2) is 47.6. The summed E-state index contributed by atoms with van der Waals surface area (Å²) in [6.45, 7) is 6.33. The molecule has 3 N–H and O–H groups in total. The fourth-order valence-electron chi connectivity index (χ4n) is 7.54. The van der Waals surface area contributed by atoms with Crippen LogP contribution in [0.3, 0.4) is 0 Å². The van der Waals surface area contributed by atoms with E-state index in [9.17, 15) is 19.8 Å². The van der Waals surface area contributed by atoms with Crippen molar-refractivity contribution in [2.45, 2.75) is 264 Å². The summed E-state index contributed by atoms with van der Waals surface area (Å²) in [6, 6.07) is -0.713. The monoisotopic (exact) mass is 840 g/mol. The molecular weight excluding hydrogens is 743 g/mol. The van der Waals surface area contributed by atoms with E-state index < -0.39 is 18.2 Å². The lowest BCUT2D eigenvalue weighted by Crippen LogP contribution is -2.46. The lowest BCUT2D eigenvalue weighted by molar-refractivity contribution is -0.151. The van der Waals surface area contributed by atoms with Crippen LogP contribution in [-0.2, 0) is 14.3 Å². The van der Waals surface area contributed by atoms with Gasteiger partial charge in [0.25, 0.3) is 0 Å². The first-order valence-corrected chi connectivity index (χ1v) is 25.6. The molecule has 6 nitrogen and oxygen atoms in total. The highest BCUT2D eigenvalue weighted by Crippen LogP contribution is 2.17. The zero-order valence-corrected chi connectivity index (χ0v) is 39.6. The fraction of sp³-hybridized carbons (Fsp3) is 0.778. The molecule has 0 aromatic rings. The average Bonchev–Trinajstić information content (AvgIpc) is 3.24. The number of esters is 1. The molecule has 0 radical (unpaired) electrons. The largest absolute Gasteiger partial charge is 0.462 e. The number of ether oxygens (including phenoxy) is 1. The third-order valence-corrected chi connectivity index (χ3v) is 11.4. The summed E-state index contributed by atoms with van der Waals surface area (Å²) < 4.78 is 5.92. The Morgan fingerprint density at radius 1 is 0.500 bits per heavy atom. The number of aliphatic hydroxyl groups excluding tert-OH is 2. The van der Waals surface area contributed by atoms with Crippen molar-refractivity contribution in [1.29, 1.82) is 0 Å². The second-order valence-corrected chi connectivity index (χ2v) is 17.3. The van der Waals surface area contributed by atoms with Gasteiger partial charge in [0.15, 0.2) is 0 Å². The van der Waals surface area contributed by atoms with Gasteiger partial charge >= 0.3 is 5.97 Å². The molecule has 6 heteroatoms. The van der Waals surface area contributed by atoms with Crippen LogP contribution in [0.1, 0.15) is 245 Å². The van der Waals surface area contributed by atoms with Gasteiger partial charge in [0.1, 0.15) is 6.10 Å². The van der Waals surface area contributed by atoms with Crippen LogP contribution in [0.5, 0.6) is 0 Å². The highest BCUT2D eigenvalue weighted by atomic mass is 16.5. The maximum Gasteiger partial charge on any atom is 0.306 e. The minimum absolute atomic E-state index is 0.0536. The van der Waals surface area contributed by atoms with Crippen molar-refractivity contribution in [1.82, 2.24) is 5.32 Å². The Hall–Kier alpha value is -2.44. The van der Waals surface area contributed by atoms with Crippen LogP contribution in [0.15, 0.2) is 60.8 Å². The van der Waals surface area contributed by atoms with Crippen LogP contribution in [0.2, 0.25) is 0 Å². The van der Waals surface area contributed by atoms with Gasteiger partial charge in [-0.3, -0.25) is 9.59 Å². The predicted molar refractivity (Wildman–Crippen MR) is 259 cm³/mol. The minimum Gasteiger partial charge on any atom is -0.462 e. The maximum atomic E-state index is 13.2. The summed E-state index contributed by atoms with van der Waals surface area (Å²) in [5.41, 5.74) is 0. The Morgan fingerprint density at radius 2 is 0.900 bits per heavy atom. The van der Waals surface area contributed by atoms with Crippen molar-refractivity contribution < 1.29 is 24.5 Å². The smallest absolute Gasteiger partial charge is 0.306 e. The fourth-order valence-corrected chi connectivity index (χ4v) is 7.54. The van der Waals surface area contributed by atoms with E-state index >= 15 is 0 Å². The molecule has 0 fully saturated rings. The standard InChI is InChI=1S/C54H97NO5/c1-4-7-10-13-16-19-22-24-26-28-29-31-33-36-39-42-45-50(60-54(59)47-44-41-38-35-32-30-27-25-23-20-17-14-11-8-5-2)48-53(58)55-51(49-56)52(57)46-43-40-37-34-21-18-15-12-9-6-3/h8,11,14,17,20,23,26,28-29,31,50-52,56-57H,4-7,9-10,12-13,15-16,18-19,21-22,24-25,27,30,32-49H2,1-3H3,(H,55,58)/b11-8+,17-14+,23-20+,28-26+,31-29+. The van der Waals surface area contributed by atoms with Crippen LogP contribution in [-0.4, -0.2) is 46.9 Å². The summed E-state index contributed by atoms with van der Waals surface area (Å²) in [4.78, 5) is 26.1. The van der Waals surface area contributed by atoms with E-state index in [1.165, 1.54) is 116 Å². The summed E-state index contributed by atoms with van der Waals surface area (Å²) in [7, 11) is 0. The van der Waals surface area contributed by atoms with E-state index in [0.717, 1.165) is 83.5 Å². The zero-order chi connectivity index (χ0) is 43.8. The quantitative estimate of drug-likeness (QED) is 0.0322. The van der Waals surface area contributed by atoms with Crippen molar-refractivity contribution in [3.05, 3.63) is 60.8 Å². The van der Waals surface area contributed by atoms with Crippen LogP contribution >= 0.6 is 0 Å². The highest BCUT2D eigenvalue weighted by Gasteiger charge is 2.24. The lowest BCUT2D eigenvalue weighted by atomic mass is 10.0. The normalized spacial score (nSPS) is 13.8. The van der Waals surface area contributed by atoms with Gasteiger partial charge in [-0.05, 0) is 70.6 Å². The van der Waals surface area contributed by atoms with E-state index in [1.54, 1.807) is 0 Å². The second-order valence-electron chi connectivity index (χ2n) is 17.3. The number of carbonyl (C=O) groups excluding carboxylic acids is 2. The number of amides is 1. The van der Waals surface area contributed by atoms with Gasteiger partial charge in [-0.1, -0.05) is 223 Å². The van der Waals surface area contributed by atoms with Crippen molar-refractivity contribution in [3.8, 4) is 0 Å². The Kier molecular flexibility index (Phi) is 45.7. The van der Waals surface area contributed by atoms with Gasteiger partial charge in [-0.15, -0.1) is 0 Å². The molecule has 0 aliphatic heterocycles. The van der Waals surface area contributed by atoms with Gasteiger partial charge in [0.2, 0.25) is 5.91 Å². The van der Waals surface area contributed by atoms with Crippen LogP contribution in [0, 0.1) is 0 Å². The first kappa shape index (κ1) is 57.6. The van der Waals surface area contributed by atoms with Crippen LogP contribution in [0.25, 0.3) is 0 Å². The lowest BCUT2D eigenvalue weighted by Gasteiger charge is -2.24. The summed E-state index contributed by atoms with van der Waals surface area (Å²) in [5.74, 6) is -0.513. The van der Waals surface area contributed by atoms with Gasteiger partial charge in [0, 0.05) is 6.42 Å². The summed E-state index contributed by atoms with van der Waals surface area (Å²) >= 11 is 0. The third-order valence-electron chi connectivity index (χ3n) is 11.4. The van der Waals surface area contributed by atoms with Crippen LogP contribution < -0.4 is 5.32 Å². The molecule has 0 saturated heterocycles. The molecule has 0 aliphatic carbocycles. The molecule has 0 rings (SSSR count). The number of allylic oxidation sites excluding steroid dienone is 10. The van der Waals surface area contributed by atoms with Crippen LogP contribution in [0.4, 0.5) is 0 Å². The number of hydrogen-bond acceptors (Lipinski definition) is 5. The summed E-state index contributed by atoms with van der Waals surface area (Å²) in [5, 5.41) is 23.7. The van der Waals surface area contributed by atoms with Gasteiger partial charge < -0.3 is 20.3 Å². The molecule has 3 unspecified atom stereocenters. The Balaban J connectivity index is 4.66. The molecule has 3 atom stereocenters. The first-order valence-electron chi connectivity index (χ1n) is 25.6. The Labute approximate surface area is 371 Å². The van der Waals surface area contributed by atoms with E-state index in [2.05, 4.69) is 86.8 Å². The maximum absolute atomic E-state index is 13.2. The van der Waals surface area contributed by atoms with E-state index in [4.69, 9.17) is 4.74 Å². The highest BCUT2D eigenvalue weighted by molar-refractivity contribution is 5.77. The van der Waals surface area contributed by atoms with Gasteiger partial charge in [-0.2, -0.15) is 0 Å². The third kappa shape index (κ3) is 42.3. The molecule has 1 amide bonds. The number of unbranched alkanes of at least 4 members (excludes halogenated alkanes) is 26. The molecule has 0 spiro atoms. The minimum atomic E-state index is -0.797. The average molecular weight is 840 g/mol. The Bertz CT molecular complexity index is 1080. The SMILES string of the molecule is CC/C=C/C=C/C=C/CCCCCCCCCC(=O)OC(CCCCC/C=C/C=C/CCCCCCCCC)CC(=O)NC(CO)C(O)CCCCCCCCCCCC.